The van der Waals surface area contributed by atoms with Crippen molar-refractivity contribution in [1.82, 2.24) is 19.8 Å². The maximum Gasteiger partial charge on any atom is 0.262 e. The van der Waals surface area contributed by atoms with Gasteiger partial charge >= 0.3 is 0 Å². The summed E-state index contributed by atoms with van der Waals surface area (Å²) in [6, 6.07) is 9.85. The standard InChI is InChI=1S/C27H33ClFN5O2/c1-5-32-11-6-12-33(14-13-32)19-8-10-23-20(16-19)26(36)34(17-24(35)31-27(2,3)4)25(30-23)18-7-9-22(29)21(28)15-18/h7-10,15-16H,5-6,11-14,17H2,1-4H3,(H,31,35). The highest BCUT2D eigenvalue weighted by molar-refractivity contribution is 6.31. The molecule has 3 aromatic rings. The van der Waals surface area contributed by atoms with Gasteiger partial charge in [-0.2, -0.15) is 0 Å². The topological polar surface area (TPSA) is 70.5 Å². The zero-order chi connectivity index (χ0) is 26.0. The van der Waals surface area contributed by atoms with Crippen LogP contribution < -0.4 is 15.8 Å². The molecule has 9 heteroatoms. The summed E-state index contributed by atoms with van der Waals surface area (Å²) in [4.78, 5) is 36.1. The molecular formula is C27H33ClFN5O2. The molecule has 0 bridgehead atoms. The molecule has 1 saturated heterocycles. The van der Waals surface area contributed by atoms with E-state index >= 15 is 0 Å². The predicted octanol–water partition coefficient (Wildman–Crippen LogP) is 4.30. The first-order chi connectivity index (χ1) is 17.1. The maximum atomic E-state index is 13.8. The number of rotatable bonds is 5. The molecule has 0 atom stereocenters. The molecule has 2 heterocycles. The van der Waals surface area contributed by atoms with Crippen LogP contribution in [0.4, 0.5) is 10.1 Å². The molecule has 1 fully saturated rings. The van der Waals surface area contributed by atoms with Gasteiger partial charge in [0.05, 0.1) is 15.9 Å². The third-order valence-electron chi connectivity index (χ3n) is 6.33. The molecule has 0 spiro atoms. The van der Waals surface area contributed by atoms with Crippen LogP contribution in [0, 0.1) is 5.82 Å². The molecule has 1 aliphatic rings. The van der Waals surface area contributed by atoms with Crippen LogP contribution in [0.25, 0.3) is 22.3 Å². The Morgan fingerprint density at radius 2 is 1.89 bits per heavy atom. The molecule has 1 aromatic heterocycles. The second kappa shape index (κ2) is 10.6. The van der Waals surface area contributed by atoms with E-state index < -0.39 is 11.4 Å². The number of nitrogens with zero attached hydrogens (tertiary/aromatic N) is 4. The van der Waals surface area contributed by atoms with Crippen molar-refractivity contribution in [2.45, 2.75) is 46.2 Å². The van der Waals surface area contributed by atoms with Crippen molar-refractivity contribution in [2.75, 3.05) is 37.6 Å². The van der Waals surface area contributed by atoms with E-state index in [0.29, 0.717) is 16.5 Å². The number of carbonyl (C=O) groups is 1. The van der Waals surface area contributed by atoms with Gasteiger partial charge in [0.1, 0.15) is 18.2 Å². The molecule has 36 heavy (non-hydrogen) atoms. The van der Waals surface area contributed by atoms with E-state index in [0.717, 1.165) is 44.8 Å². The lowest BCUT2D eigenvalue weighted by Gasteiger charge is -2.24. The summed E-state index contributed by atoms with van der Waals surface area (Å²) in [6.45, 7) is 12.4. The van der Waals surface area contributed by atoms with E-state index in [4.69, 9.17) is 16.6 Å². The molecule has 1 amide bonds. The van der Waals surface area contributed by atoms with Crippen LogP contribution in [0.2, 0.25) is 5.02 Å². The number of nitrogens with one attached hydrogen (secondary N) is 1. The van der Waals surface area contributed by atoms with Crippen LogP contribution in [-0.2, 0) is 11.3 Å². The van der Waals surface area contributed by atoms with Crippen molar-refractivity contribution in [3.05, 3.63) is 57.6 Å². The fraction of sp³-hybridized carbons (Fsp3) is 0.444. The predicted molar refractivity (Wildman–Crippen MR) is 143 cm³/mol. The Hall–Kier alpha value is -2.97. The van der Waals surface area contributed by atoms with Gasteiger partial charge in [-0.05, 0) is 76.7 Å². The number of hydrogen-bond donors (Lipinski definition) is 1. The molecule has 0 unspecified atom stereocenters. The van der Waals surface area contributed by atoms with Crippen LogP contribution >= 0.6 is 11.6 Å². The van der Waals surface area contributed by atoms with Gasteiger partial charge in [0.25, 0.3) is 5.56 Å². The summed E-state index contributed by atoms with van der Waals surface area (Å²) in [5, 5.41) is 3.25. The van der Waals surface area contributed by atoms with E-state index in [9.17, 15) is 14.0 Å². The van der Waals surface area contributed by atoms with E-state index in [1.54, 1.807) is 0 Å². The van der Waals surface area contributed by atoms with Gasteiger partial charge < -0.3 is 15.1 Å². The number of anilines is 1. The van der Waals surface area contributed by atoms with Gasteiger partial charge in [-0.25, -0.2) is 9.37 Å². The van der Waals surface area contributed by atoms with Crippen molar-refractivity contribution < 1.29 is 9.18 Å². The summed E-state index contributed by atoms with van der Waals surface area (Å²) in [7, 11) is 0. The third kappa shape index (κ3) is 5.87. The molecular weight excluding hydrogens is 481 g/mol. The Balaban J connectivity index is 1.81. The van der Waals surface area contributed by atoms with Crippen molar-refractivity contribution in [3.8, 4) is 11.4 Å². The van der Waals surface area contributed by atoms with Crippen molar-refractivity contribution in [3.63, 3.8) is 0 Å². The van der Waals surface area contributed by atoms with Crippen molar-refractivity contribution >= 4 is 34.1 Å². The Morgan fingerprint density at radius 3 is 2.58 bits per heavy atom. The van der Waals surface area contributed by atoms with E-state index in [-0.39, 0.29) is 28.9 Å². The lowest BCUT2D eigenvalue weighted by Crippen LogP contribution is -2.43. The third-order valence-corrected chi connectivity index (χ3v) is 6.62. The minimum absolute atomic E-state index is 0.0785. The smallest absolute Gasteiger partial charge is 0.262 e. The number of amides is 1. The number of likely N-dealkylation sites (N-methyl/N-ethyl adjacent to an activating group) is 1. The Bertz CT molecular complexity index is 1330. The van der Waals surface area contributed by atoms with Crippen molar-refractivity contribution in [1.29, 1.82) is 0 Å². The molecule has 2 aromatic carbocycles. The van der Waals surface area contributed by atoms with Gasteiger partial charge in [0, 0.05) is 36.4 Å². The Labute approximate surface area is 215 Å². The van der Waals surface area contributed by atoms with Gasteiger partial charge in [-0.1, -0.05) is 18.5 Å². The average molecular weight is 514 g/mol. The SMILES string of the molecule is CCN1CCCN(c2ccc3nc(-c4ccc(F)c(Cl)c4)n(CC(=O)NC(C)(C)C)c(=O)c3c2)CC1. The quantitative estimate of drug-likeness (QED) is 0.550. The fourth-order valence-electron chi connectivity index (χ4n) is 4.55. The monoisotopic (exact) mass is 513 g/mol. The molecule has 1 N–H and O–H groups in total. The summed E-state index contributed by atoms with van der Waals surface area (Å²) in [6.07, 6.45) is 1.05. The highest BCUT2D eigenvalue weighted by atomic mass is 35.5. The minimum Gasteiger partial charge on any atom is -0.370 e. The second-order valence-electron chi connectivity index (χ2n) is 10.2. The van der Waals surface area contributed by atoms with Crippen molar-refractivity contribution in [2.24, 2.45) is 0 Å². The maximum absolute atomic E-state index is 13.8. The Kier molecular flexibility index (Phi) is 7.66. The van der Waals surface area contributed by atoms with Crippen LogP contribution in [0.3, 0.4) is 0 Å². The zero-order valence-electron chi connectivity index (χ0n) is 21.3. The first-order valence-corrected chi connectivity index (χ1v) is 12.7. The average Bonchev–Trinajstić information content (AvgIpc) is 3.07. The van der Waals surface area contributed by atoms with Gasteiger partial charge in [-0.15, -0.1) is 0 Å². The zero-order valence-corrected chi connectivity index (χ0v) is 22.0. The van der Waals surface area contributed by atoms with E-state index in [1.165, 1.54) is 22.8 Å². The molecule has 0 aliphatic carbocycles. The van der Waals surface area contributed by atoms with Crippen LogP contribution in [0.15, 0.2) is 41.2 Å². The minimum atomic E-state index is -0.565. The number of carbonyl (C=O) groups excluding carboxylic acids is 1. The number of aromatic nitrogens is 2. The van der Waals surface area contributed by atoms with Gasteiger partial charge in [0.2, 0.25) is 5.91 Å². The first-order valence-electron chi connectivity index (χ1n) is 12.3. The highest BCUT2D eigenvalue weighted by Crippen LogP contribution is 2.26. The van der Waals surface area contributed by atoms with Crippen LogP contribution in [0.5, 0.6) is 0 Å². The summed E-state index contributed by atoms with van der Waals surface area (Å²) in [5.41, 5.74) is 1.14. The first kappa shape index (κ1) is 26.1. The highest BCUT2D eigenvalue weighted by Gasteiger charge is 2.21. The molecule has 0 radical (unpaired) electrons. The largest absolute Gasteiger partial charge is 0.370 e. The van der Waals surface area contributed by atoms with Gasteiger partial charge in [0.15, 0.2) is 0 Å². The second-order valence-corrected chi connectivity index (χ2v) is 10.6. The molecule has 4 rings (SSSR count). The van der Waals surface area contributed by atoms with E-state index in [1.807, 2.05) is 39.0 Å². The summed E-state index contributed by atoms with van der Waals surface area (Å²) >= 11 is 6.03. The number of benzene rings is 2. The molecule has 1 aliphatic heterocycles. The molecule has 0 saturated carbocycles. The molecule has 7 nitrogen and oxygen atoms in total. The van der Waals surface area contributed by atoms with Gasteiger partial charge in [-0.3, -0.25) is 14.2 Å². The normalized spacial score (nSPS) is 15.2. The number of hydrogen-bond acceptors (Lipinski definition) is 5. The lowest BCUT2D eigenvalue weighted by molar-refractivity contribution is -0.123. The van der Waals surface area contributed by atoms with E-state index in [2.05, 4.69) is 22.0 Å². The Morgan fingerprint density at radius 1 is 1.11 bits per heavy atom. The number of halogens is 2. The fourth-order valence-corrected chi connectivity index (χ4v) is 4.74. The lowest BCUT2D eigenvalue weighted by atomic mass is 10.1. The molecule has 192 valence electrons. The number of fused-ring (bicyclic) bond motifs is 1. The van der Waals surface area contributed by atoms with Crippen LogP contribution in [-0.4, -0.2) is 58.6 Å². The summed E-state index contributed by atoms with van der Waals surface area (Å²) < 4.78 is 15.2. The van der Waals surface area contributed by atoms with Crippen LogP contribution in [0.1, 0.15) is 34.1 Å². The summed E-state index contributed by atoms with van der Waals surface area (Å²) in [5.74, 6) is -0.618.